The van der Waals surface area contributed by atoms with E-state index in [2.05, 4.69) is 24.5 Å². The number of aliphatic carboxylic acids is 1. The lowest BCUT2D eigenvalue weighted by molar-refractivity contribution is -0.135. The largest absolute Gasteiger partial charge is 0.480 e. The van der Waals surface area contributed by atoms with Gasteiger partial charge in [0, 0.05) is 31.7 Å². The van der Waals surface area contributed by atoms with Gasteiger partial charge in [0.25, 0.3) is 0 Å². The SMILES string of the molecule is CC(C)CC(CNCC(=O)O)NCC1CCCN1C(=O)OCc1ccccc1. The van der Waals surface area contributed by atoms with E-state index in [4.69, 9.17) is 9.84 Å². The molecule has 0 bridgehead atoms. The van der Waals surface area contributed by atoms with Crippen LogP contribution in [0.15, 0.2) is 30.3 Å². The second kappa shape index (κ2) is 11.7. The van der Waals surface area contributed by atoms with Crippen molar-refractivity contribution in [3.05, 3.63) is 35.9 Å². The van der Waals surface area contributed by atoms with Crippen LogP contribution in [0.2, 0.25) is 0 Å². The van der Waals surface area contributed by atoms with E-state index >= 15 is 0 Å². The van der Waals surface area contributed by atoms with Crippen LogP contribution in [0, 0.1) is 5.92 Å². The highest BCUT2D eigenvalue weighted by atomic mass is 16.6. The van der Waals surface area contributed by atoms with Gasteiger partial charge in [-0.3, -0.25) is 4.79 Å². The molecule has 0 aromatic heterocycles. The number of carbonyl (C=O) groups is 2. The van der Waals surface area contributed by atoms with E-state index in [0.717, 1.165) is 24.8 Å². The smallest absolute Gasteiger partial charge is 0.410 e. The predicted molar refractivity (Wildman–Crippen MR) is 108 cm³/mol. The van der Waals surface area contributed by atoms with E-state index in [1.54, 1.807) is 0 Å². The summed E-state index contributed by atoms with van der Waals surface area (Å²) in [6.07, 6.45) is 2.60. The van der Waals surface area contributed by atoms with Gasteiger partial charge >= 0.3 is 12.1 Å². The van der Waals surface area contributed by atoms with Crippen LogP contribution in [0.1, 0.15) is 38.7 Å². The average Bonchev–Trinajstić information content (AvgIpc) is 3.13. The minimum atomic E-state index is -0.855. The fourth-order valence-corrected chi connectivity index (χ4v) is 3.55. The van der Waals surface area contributed by atoms with Crippen molar-refractivity contribution in [2.24, 2.45) is 5.92 Å². The predicted octanol–water partition coefficient (Wildman–Crippen LogP) is 2.47. The Labute approximate surface area is 167 Å². The van der Waals surface area contributed by atoms with Crippen LogP contribution in [0.25, 0.3) is 0 Å². The Morgan fingerprint density at radius 1 is 1.29 bits per heavy atom. The molecule has 1 saturated heterocycles. The van der Waals surface area contributed by atoms with E-state index in [1.165, 1.54) is 0 Å². The quantitative estimate of drug-likeness (QED) is 0.537. The molecule has 7 heteroatoms. The van der Waals surface area contributed by atoms with E-state index in [-0.39, 0.29) is 31.3 Å². The van der Waals surface area contributed by atoms with Gasteiger partial charge in [0.2, 0.25) is 0 Å². The second-order valence-electron chi connectivity index (χ2n) is 7.79. The van der Waals surface area contributed by atoms with Crippen molar-refractivity contribution in [1.82, 2.24) is 15.5 Å². The van der Waals surface area contributed by atoms with Gasteiger partial charge in [-0.1, -0.05) is 44.2 Å². The highest BCUT2D eigenvalue weighted by Gasteiger charge is 2.30. The number of rotatable bonds is 11. The van der Waals surface area contributed by atoms with Crippen molar-refractivity contribution in [2.45, 2.75) is 51.8 Å². The number of carbonyl (C=O) groups excluding carboxylic acids is 1. The van der Waals surface area contributed by atoms with Crippen molar-refractivity contribution < 1.29 is 19.4 Å². The molecule has 3 N–H and O–H groups in total. The Kier molecular flexibility index (Phi) is 9.23. The van der Waals surface area contributed by atoms with E-state index in [1.807, 2.05) is 35.2 Å². The summed E-state index contributed by atoms with van der Waals surface area (Å²) >= 11 is 0. The minimum absolute atomic E-state index is 0.0440. The van der Waals surface area contributed by atoms with Crippen LogP contribution in [-0.2, 0) is 16.1 Å². The summed E-state index contributed by atoms with van der Waals surface area (Å²) in [6.45, 7) is 6.53. The molecule has 0 radical (unpaired) electrons. The van der Waals surface area contributed by atoms with Crippen molar-refractivity contribution in [2.75, 3.05) is 26.2 Å². The molecule has 1 aromatic rings. The molecule has 156 valence electrons. The zero-order valence-corrected chi connectivity index (χ0v) is 16.9. The maximum absolute atomic E-state index is 12.5. The summed E-state index contributed by atoms with van der Waals surface area (Å²) in [5.74, 6) is -0.355. The van der Waals surface area contributed by atoms with E-state index in [0.29, 0.717) is 25.6 Å². The first-order valence-corrected chi connectivity index (χ1v) is 10.1. The number of carboxylic acids is 1. The first kappa shape index (κ1) is 22.2. The molecule has 1 fully saturated rings. The molecule has 0 saturated carbocycles. The van der Waals surface area contributed by atoms with Gasteiger partial charge in [-0.05, 0) is 30.7 Å². The summed E-state index contributed by atoms with van der Waals surface area (Å²) in [7, 11) is 0. The molecule has 1 aromatic carbocycles. The minimum Gasteiger partial charge on any atom is -0.480 e. The van der Waals surface area contributed by atoms with Gasteiger partial charge in [-0.15, -0.1) is 0 Å². The first-order chi connectivity index (χ1) is 13.5. The van der Waals surface area contributed by atoms with Crippen molar-refractivity contribution in [1.29, 1.82) is 0 Å². The Morgan fingerprint density at radius 3 is 2.71 bits per heavy atom. The molecule has 1 aliphatic rings. The molecule has 2 unspecified atom stereocenters. The molecular formula is C21H33N3O4. The highest BCUT2D eigenvalue weighted by molar-refractivity contribution is 5.69. The van der Waals surface area contributed by atoms with Gasteiger partial charge in [-0.25, -0.2) is 4.79 Å². The molecule has 1 aliphatic heterocycles. The standard InChI is InChI=1S/C21H33N3O4/c1-16(2)11-18(12-22-14-20(25)26)23-13-19-9-6-10-24(19)21(27)28-15-17-7-4-3-5-8-17/h3-5,7-8,16,18-19,22-23H,6,9-15H2,1-2H3,(H,25,26). The number of amides is 1. The highest BCUT2D eigenvalue weighted by Crippen LogP contribution is 2.19. The Hall–Kier alpha value is -2.12. The van der Waals surface area contributed by atoms with Crippen LogP contribution in [0.5, 0.6) is 0 Å². The molecular weight excluding hydrogens is 358 g/mol. The van der Waals surface area contributed by atoms with Crippen LogP contribution in [0.4, 0.5) is 4.79 Å². The lowest BCUT2D eigenvalue weighted by atomic mass is 10.0. The maximum Gasteiger partial charge on any atom is 0.410 e. The van der Waals surface area contributed by atoms with E-state index < -0.39 is 5.97 Å². The summed E-state index contributed by atoms with van der Waals surface area (Å²) in [4.78, 5) is 25.0. The third-order valence-electron chi connectivity index (χ3n) is 4.88. The summed E-state index contributed by atoms with van der Waals surface area (Å²) < 4.78 is 5.49. The number of hydrogen-bond acceptors (Lipinski definition) is 5. The number of benzene rings is 1. The second-order valence-corrected chi connectivity index (χ2v) is 7.79. The van der Waals surface area contributed by atoms with Gasteiger partial charge in [0.05, 0.1) is 6.54 Å². The molecule has 7 nitrogen and oxygen atoms in total. The number of ether oxygens (including phenoxy) is 1. The molecule has 1 amide bonds. The number of hydrogen-bond donors (Lipinski definition) is 3. The topological polar surface area (TPSA) is 90.9 Å². The summed E-state index contributed by atoms with van der Waals surface area (Å²) in [5, 5.41) is 15.3. The van der Waals surface area contributed by atoms with Gasteiger partial charge < -0.3 is 25.4 Å². The molecule has 0 aliphatic carbocycles. The zero-order valence-electron chi connectivity index (χ0n) is 16.9. The lowest BCUT2D eigenvalue weighted by Crippen LogP contribution is -2.48. The number of likely N-dealkylation sites (tertiary alicyclic amines) is 1. The normalized spacial score (nSPS) is 17.7. The number of carboxylic acid groups (broad SMARTS) is 1. The van der Waals surface area contributed by atoms with Crippen molar-refractivity contribution >= 4 is 12.1 Å². The summed E-state index contributed by atoms with van der Waals surface area (Å²) in [5.41, 5.74) is 0.978. The van der Waals surface area contributed by atoms with Gasteiger partial charge in [-0.2, -0.15) is 0 Å². The lowest BCUT2D eigenvalue weighted by Gasteiger charge is -2.27. The van der Waals surface area contributed by atoms with Crippen LogP contribution in [-0.4, -0.2) is 60.3 Å². The Morgan fingerprint density at radius 2 is 2.04 bits per heavy atom. The monoisotopic (exact) mass is 391 g/mol. The number of nitrogens with zero attached hydrogens (tertiary/aromatic N) is 1. The fraction of sp³-hybridized carbons (Fsp3) is 0.619. The zero-order chi connectivity index (χ0) is 20.4. The Balaban J connectivity index is 1.81. The van der Waals surface area contributed by atoms with Crippen LogP contribution >= 0.6 is 0 Å². The van der Waals surface area contributed by atoms with Crippen LogP contribution in [0.3, 0.4) is 0 Å². The third-order valence-corrected chi connectivity index (χ3v) is 4.88. The molecule has 1 heterocycles. The van der Waals surface area contributed by atoms with Crippen molar-refractivity contribution in [3.63, 3.8) is 0 Å². The van der Waals surface area contributed by atoms with E-state index in [9.17, 15) is 9.59 Å². The van der Waals surface area contributed by atoms with Gasteiger partial charge in [0.1, 0.15) is 6.61 Å². The Bertz CT molecular complexity index is 609. The van der Waals surface area contributed by atoms with Gasteiger partial charge in [0.15, 0.2) is 0 Å². The molecule has 28 heavy (non-hydrogen) atoms. The van der Waals surface area contributed by atoms with Crippen LogP contribution < -0.4 is 10.6 Å². The molecule has 2 atom stereocenters. The molecule has 2 rings (SSSR count). The molecule has 0 spiro atoms. The third kappa shape index (κ3) is 7.86. The average molecular weight is 392 g/mol. The maximum atomic E-state index is 12.5. The van der Waals surface area contributed by atoms with Crippen molar-refractivity contribution in [3.8, 4) is 0 Å². The number of nitrogens with one attached hydrogen (secondary N) is 2. The first-order valence-electron chi connectivity index (χ1n) is 10.1. The summed E-state index contributed by atoms with van der Waals surface area (Å²) in [6, 6.07) is 9.96. The fourth-order valence-electron chi connectivity index (χ4n) is 3.55.